The maximum Gasteiger partial charge on any atom is 0.408 e. The lowest BCUT2D eigenvalue weighted by molar-refractivity contribution is -0.130. The van der Waals surface area contributed by atoms with Crippen LogP contribution >= 0.6 is 0 Å². The molecule has 3 N–H and O–H groups in total. The van der Waals surface area contributed by atoms with E-state index in [4.69, 9.17) is 13.9 Å². The van der Waals surface area contributed by atoms with Crippen molar-refractivity contribution in [3.8, 4) is 5.75 Å². The van der Waals surface area contributed by atoms with Crippen LogP contribution in [-0.4, -0.2) is 48.9 Å². The maximum atomic E-state index is 13.9. The van der Waals surface area contributed by atoms with Crippen molar-refractivity contribution >= 4 is 23.7 Å². The molecule has 10 heteroatoms. The summed E-state index contributed by atoms with van der Waals surface area (Å²) < 4.78 is 16.1. The Hall–Kier alpha value is -5.38. The Bertz CT molecular complexity index is 1640. The van der Waals surface area contributed by atoms with Crippen LogP contribution in [0.1, 0.15) is 53.1 Å². The van der Waals surface area contributed by atoms with Crippen molar-refractivity contribution in [2.45, 2.75) is 64.8 Å². The van der Waals surface area contributed by atoms with Crippen molar-refractivity contribution < 1.29 is 33.1 Å². The summed E-state index contributed by atoms with van der Waals surface area (Å²) in [6, 6.07) is 24.0. The van der Waals surface area contributed by atoms with Crippen molar-refractivity contribution in [1.29, 1.82) is 0 Å². The Kier molecular flexibility index (Phi) is 12.9. The largest absolute Gasteiger partial charge is 0.497 e. The molecule has 10 nitrogen and oxygen atoms in total. The standard InChI is InChI=1S/C38H43N3O7/c1-25(2)21-31(35(42)34-15-10-20-47-34)39-36(43)32(23-28-16-18-30(46-4)19-17-28)40-37(44)33(22-27-12-6-5-7-13-27)41-38(45)48-24-29-14-9-8-11-26(29)3/h5-20,25,31-33H,21-24H2,1-4H3,(H,39,43)(H,40,44)(H,41,45)/t31-,32-,33-/m0/s1. The number of hydrogen-bond donors (Lipinski definition) is 3. The number of hydrogen-bond acceptors (Lipinski definition) is 7. The van der Waals surface area contributed by atoms with Crippen LogP contribution in [0, 0.1) is 12.8 Å². The van der Waals surface area contributed by atoms with Gasteiger partial charge in [0, 0.05) is 12.8 Å². The number of ketones is 1. The van der Waals surface area contributed by atoms with Crippen molar-refractivity contribution in [2.24, 2.45) is 5.92 Å². The summed E-state index contributed by atoms with van der Waals surface area (Å²) in [7, 11) is 1.56. The number of alkyl carbamates (subject to hydrolysis) is 1. The number of carbonyl (C=O) groups is 4. The molecular weight excluding hydrogens is 610 g/mol. The molecule has 0 unspecified atom stereocenters. The third kappa shape index (κ3) is 10.6. The van der Waals surface area contributed by atoms with Gasteiger partial charge in [0.1, 0.15) is 24.4 Å². The first-order valence-electron chi connectivity index (χ1n) is 16.0. The van der Waals surface area contributed by atoms with E-state index in [1.165, 1.54) is 6.26 Å². The van der Waals surface area contributed by atoms with Gasteiger partial charge in [-0.1, -0.05) is 80.6 Å². The number of aryl methyl sites for hydroxylation is 1. The molecule has 0 saturated carbocycles. The fourth-order valence-corrected chi connectivity index (χ4v) is 5.20. The first kappa shape index (κ1) is 35.5. The number of rotatable bonds is 16. The molecule has 48 heavy (non-hydrogen) atoms. The molecule has 0 aliphatic rings. The SMILES string of the molecule is COc1ccc(C[C@H](NC(=O)[C@H](Cc2ccccc2)NC(=O)OCc2ccccc2C)C(=O)N[C@@H](CC(C)C)C(=O)c2ccco2)cc1. The fourth-order valence-electron chi connectivity index (χ4n) is 5.20. The first-order chi connectivity index (χ1) is 23.1. The van der Waals surface area contributed by atoms with Gasteiger partial charge in [-0.15, -0.1) is 0 Å². The van der Waals surface area contributed by atoms with Gasteiger partial charge in [-0.3, -0.25) is 14.4 Å². The molecule has 0 fully saturated rings. The fraction of sp³-hybridized carbons (Fsp3) is 0.316. The molecular formula is C38H43N3O7. The highest BCUT2D eigenvalue weighted by atomic mass is 16.5. The van der Waals surface area contributed by atoms with Crippen LogP contribution in [0.2, 0.25) is 0 Å². The van der Waals surface area contributed by atoms with Gasteiger partial charge in [0.15, 0.2) is 5.76 Å². The van der Waals surface area contributed by atoms with E-state index in [0.717, 1.165) is 22.3 Å². The summed E-state index contributed by atoms with van der Waals surface area (Å²) in [6.07, 6.45) is 1.25. The number of furan rings is 1. The van der Waals surface area contributed by atoms with Crippen LogP contribution in [0.4, 0.5) is 4.79 Å². The lowest BCUT2D eigenvalue weighted by atomic mass is 9.97. The van der Waals surface area contributed by atoms with Crippen molar-refractivity contribution in [2.75, 3.05) is 7.11 Å². The van der Waals surface area contributed by atoms with Crippen LogP contribution in [0.5, 0.6) is 5.75 Å². The molecule has 3 aromatic carbocycles. The van der Waals surface area contributed by atoms with Gasteiger partial charge in [-0.2, -0.15) is 0 Å². The second-order valence-corrected chi connectivity index (χ2v) is 12.0. The van der Waals surface area contributed by atoms with Gasteiger partial charge >= 0.3 is 6.09 Å². The molecule has 4 rings (SSSR count). The van der Waals surface area contributed by atoms with E-state index in [2.05, 4.69) is 16.0 Å². The Morgan fingerprint density at radius 1 is 0.708 bits per heavy atom. The van der Waals surface area contributed by atoms with E-state index in [1.807, 2.05) is 75.4 Å². The van der Waals surface area contributed by atoms with Gasteiger partial charge in [0.25, 0.3) is 0 Å². The van der Waals surface area contributed by atoms with Crippen LogP contribution < -0.4 is 20.7 Å². The molecule has 0 bridgehead atoms. The Labute approximate surface area is 281 Å². The average molecular weight is 654 g/mol. The molecule has 252 valence electrons. The van der Waals surface area contributed by atoms with Gasteiger partial charge in [0.05, 0.1) is 19.4 Å². The second-order valence-electron chi connectivity index (χ2n) is 12.0. The Balaban J connectivity index is 1.56. The number of methoxy groups -OCH3 is 1. The number of amides is 3. The quantitative estimate of drug-likeness (QED) is 0.135. The Morgan fingerprint density at radius 2 is 1.31 bits per heavy atom. The third-order valence-corrected chi connectivity index (χ3v) is 7.85. The zero-order chi connectivity index (χ0) is 34.5. The highest BCUT2D eigenvalue weighted by Crippen LogP contribution is 2.16. The van der Waals surface area contributed by atoms with E-state index < -0.39 is 36.0 Å². The molecule has 0 aliphatic heterocycles. The smallest absolute Gasteiger partial charge is 0.408 e. The molecule has 3 atom stereocenters. The van der Waals surface area contributed by atoms with Gasteiger partial charge in [0.2, 0.25) is 17.6 Å². The molecule has 0 saturated heterocycles. The van der Waals surface area contributed by atoms with Gasteiger partial charge in [-0.25, -0.2) is 4.79 Å². The lowest BCUT2D eigenvalue weighted by Gasteiger charge is -2.26. The molecule has 0 spiro atoms. The number of nitrogens with one attached hydrogen (secondary N) is 3. The van der Waals surface area contributed by atoms with Crippen molar-refractivity contribution in [1.82, 2.24) is 16.0 Å². The topological polar surface area (TPSA) is 136 Å². The zero-order valence-corrected chi connectivity index (χ0v) is 27.7. The zero-order valence-electron chi connectivity index (χ0n) is 27.7. The second kappa shape index (κ2) is 17.5. The van der Waals surface area contributed by atoms with Crippen LogP contribution in [0.15, 0.2) is 102 Å². The third-order valence-electron chi connectivity index (χ3n) is 7.85. The minimum atomic E-state index is -1.09. The summed E-state index contributed by atoms with van der Waals surface area (Å²) in [4.78, 5) is 54.1. The minimum absolute atomic E-state index is 0.0294. The van der Waals surface area contributed by atoms with Gasteiger partial charge < -0.3 is 29.8 Å². The molecule has 1 heterocycles. The highest BCUT2D eigenvalue weighted by molar-refractivity contribution is 6.01. The molecule has 0 aliphatic carbocycles. The number of benzene rings is 3. The highest BCUT2D eigenvalue weighted by Gasteiger charge is 2.31. The average Bonchev–Trinajstić information content (AvgIpc) is 3.62. The van der Waals surface area contributed by atoms with Crippen molar-refractivity contribution in [3.05, 3.63) is 125 Å². The molecule has 3 amide bonds. The number of ether oxygens (including phenoxy) is 2. The summed E-state index contributed by atoms with van der Waals surface area (Å²) >= 11 is 0. The Morgan fingerprint density at radius 3 is 1.92 bits per heavy atom. The van der Waals surface area contributed by atoms with E-state index in [1.54, 1.807) is 43.5 Å². The lowest BCUT2D eigenvalue weighted by Crippen LogP contribution is -2.57. The summed E-state index contributed by atoms with van der Waals surface area (Å²) in [5.74, 6) is -0.650. The van der Waals surface area contributed by atoms with Crippen LogP contribution in [-0.2, 0) is 33.8 Å². The summed E-state index contributed by atoms with van der Waals surface area (Å²) in [5, 5.41) is 8.40. The normalized spacial score (nSPS) is 12.8. The predicted octanol–water partition coefficient (Wildman–Crippen LogP) is 5.58. The van der Waals surface area contributed by atoms with E-state index in [-0.39, 0.29) is 36.9 Å². The van der Waals surface area contributed by atoms with E-state index >= 15 is 0 Å². The maximum absolute atomic E-state index is 13.9. The molecule has 4 aromatic rings. The number of carbonyl (C=O) groups excluding carboxylic acids is 4. The van der Waals surface area contributed by atoms with Gasteiger partial charge in [-0.05, 0) is 65.8 Å². The van der Waals surface area contributed by atoms with Crippen LogP contribution in [0.3, 0.4) is 0 Å². The molecule has 1 aromatic heterocycles. The minimum Gasteiger partial charge on any atom is -0.497 e. The first-order valence-corrected chi connectivity index (χ1v) is 16.0. The van der Waals surface area contributed by atoms with E-state index in [9.17, 15) is 19.2 Å². The monoisotopic (exact) mass is 653 g/mol. The summed E-state index contributed by atoms with van der Waals surface area (Å²) in [5.41, 5.74) is 3.36. The van der Waals surface area contributed by atoms with E-state index in [0.29, 0.717) is 12.2 Å². The predicted molar refractivity (Wildman–Crippen MR) is 181 cm³/mol. The van der Waals surface area contributed by atoms with Crippen LogP contribution in [0.25, 0.3) is 0 Å². The number of Topliss-reactive ketones (excluding diaryl/α,β-unsaturated/α-hetero) is 1. The molecule has 0 radical (unpaired) electrons. The summed E-state index contributed by atoms with van der Waals surface area (Å²) in [6.45, 7) is 5.85. The van der Waals surface area contributed by atoms with Crippen molar-refractivity contribution in [3.63, 3.8) is 0 Å².